The smallest absolute Gasteiger partial charge is 0.307 e. The highest BCUT2D eigenvalue weighted by atomic mass is 32.1. The third kappa shape index (κ3) is 4.75. The lowest BCUT2D eigenvalue weighted by atomic mass is 9.97. The number of esters is 1. The van der Waals surface area contributed by atoms with Gasteiger partial charge >= 0.3 is 5.97 Å². The first kappa shape index (κ1) is 22.2. The number of hydrogen-bond donors (Lipinski definition) is 2. The van der Waals surface area contributed by atoms with E-state index in [-0.39, 0.29) is 24.3 Å². The number of nitrogens with one attached hydrogen (secondary N) is 2. The Bertz CT molecular complexity index is 1240. The zero-order valence-corrected chi connectivity index (χ0v) is 19.4. The second-order valence-electron chi connectivity index (χ2n) is 8.34. The minimum atomic E-state index is -0.930. The fourth-order valence-corrected chi connectivity index (χ4v) is 5.24. The van der Waals surface area contributed by atoms with Gasteiger partial charge in [-0.3, -0.25) is 14.4 Å². The van der Waals surface area contributed by atoms with E-state index in [0.29, 0.717) is 16.9 Å². The van der Waals surface area contributed by atoms with Gasteiger partial charge in [0, 0.05) is 17.0 Å². The molecule has 0 aliphatic heterocycles. The van der Waals surface area contributed by atoms with E-state index >= 15 is 0 Å². The monoisotopic (exact) mass is 453 g/mol. The van der Waals surface area contributed by atoms with Gasteiger partial charge in [-0.05, 0) is 69.2 Å². The molecule has 0 saturated carbocycles. The first-order chi connectivity index (χ1) is 15.3. The molecule has 1 amide bonds. The van der Waals surface area contributed by atoms with Crippen LogP contribution in [0.2, 0.25) is 0 Å². The lowest BCUT2D eigenvalue weighted by Gasteiger charge is -2.15. The lowest BCUT2D eigenvalue weighted by molar-refractivity contribution is -0.153. The summed E-state index contributed by atoms with van der Waals surface area (Å²) in [5.74, 6) is -0.434. The third-order valence-electron chi connectivity index (χ3n) is 5.77. The van der Waals surface area contributed by atoms with E-state index in [2.05, 4.69) is 15.3 Å². The van der Waals surface area contributed by atoms with Crippen LogP contribution in [0.5, 0.6) is 0 Å². The van der Waals surface area contributed by atoms with Crippen molar-refractivity contribution in [2.24, 2.45) is 0 Å². The number of ether oxygens (including phenoxy) is 1. The van der Waals surface area contributed by atoms with E-state index in [1.165, 1.54) is 4.88 Å². The normalized spacial score (nSPS) is 14.1. The summed E-state index contributed by atoms with van der Waals surface area (Å²) in [5.41, 5.74) is 3.66. The molecule has 1 aromatic carbocycles. The predicted octanol–water partition coefficient (Wildman–Crippen LogP) is 3.98. The molecule has 32 heavy (non-hydrogen) atoms. The highest BCUT2D eigenvalue weighted by Crippen LogP contribution is 2.33. The van der Waals surface area contributed by atoms with Crippen LogP contribution in [0.1, 0.15) is 53.6 Å². The van der Waals surface area contributed by atoms with Crippen LogP contribution < -0.4 is 10.9 Å². The Balaban J connectivity index is 1.36. The van der Waals surface area contributed by atoms with Gasteiger partial charge in [-0.1, -0.05) is 12.1 Å². The van der Waals surface area contributed by atoms with Gasteiger partial charge in [0.15, 0.2) is 6.10 Å². The third-order valence-corrected chi connectivity index (χ3v) is 6.95. The van der Waals surface area contributed by atoms with Crippen molar-refractivity contribution in [1.29, 1.82) is 0 Å². The summed E-state index contributed by atoms with van der Waals surface area (Å²) in [5, 5.41) is 3.51. The summed E-state index contributed by atoms with van der Waals surface area (Å²) in [7, 11) is 0. The molecule has 7 nitrogen and oxygen atoms in total. The molecular formula is C24H27N3O4S. The zero-order chi connectivity index (χ0) is 22.8. The minimum absolute atomic E-state index is 0.0284. The molecule has 4 rings (SSSR count). The predicted molar refractivity (Wildman–Crippen MR) is 125 cm³/mol. The average molecular weight is 454 g/mol. The van der Waals surface area contributed by atoms with Crippen molar-refractivity contribution in [3.05, 3.63) is 55.9 Å². The molecule has 2 N–H and O–H groups in total. The molecular weight excluding hydrogens is 426 g/mol. The summed E-state index contributed by atoms with van der Waals surface area (Å²) in [6.07, 6.45) is 3.51. The fraction of sp³-hybridized carbons (Fsp3) is 0.417. The van der Waals surface area contributed by atoms with Crippen molar-refractivity contribution in [1.82, 2.24) is 9.97 Å². The second-order valence-corrected chi connectivity index (χ2v) is 9.43. The largest absolute Gasteiger partial charge is 0.453 e. The van der Waals surface area contributed by atoms with Crippen LogP contribution in [0.15, 0.2) is 23.0 Å². The molecule has 168 valence electrons. The minimum Gasteiger partial charge on any atom is -0.453 e. The van der Waals surface area contributed by atoms with Crippen LogP contribution in [0.4, 0.5) is 5.69 Å². The number of benzene rings is 1. The lowest BCUT2D eigenvalue weighted by Crippen LogP contribution is -2.30. The highest BCUT2D eigenvalue weighted by Gasteiger charge is 2.21. The molecule has 8 heteroatoms. The van der Waals surface area contributed by atoms with Crippen LogP contribution in [0.25, 0.3) is 10.2 Å². The fourth-order valence-electron chi connectivity index (χ4n) is 3.96. The van der Waals surface area contributed by atoms with Gasteiger partial charge < -0.3 is 15.0 Å². The first-order valence-corrected chi connectivity index (χ1v) is 11.7. The molecule has 2 aromatic heterocycles. The molecule has 0 spiro atoms. The van der Waals surface area contributed by atoms with Crippen molar-refractivity contribution in [2.75, 3.05) is 5.32 Å². The molecule has 1 unspecified atom stereocenters. The zero-order valence-electron chi connectivity index (χ0n) is 18.5. The van der Waals surface area contributed by atoms with Crippen molar-refractivity contribution in [3.63, 3.8) is 0 Å². The topological polar surface area (TPSA) is 101 Å². The van der Waals surface area contributed by atoms with Crippen LogP contribution in [-0.2, 0) is 33.6 Å². The quantitative estimate of drug-likeness (QED) is 0.550. The van der Waals surface area contributed by atoms with Crippen LogP contribution >= 0.6 is 11.3 Å². The van der Waals surface area contributed by atoms with Crippen molar-refractivity contribution in [2.45, 2.75) is 65.4 Å². The van der Waals surface area contributed by atoms with E-state index < -0.39 is 12.1 Å². The number of carbonyl (C=O) groups is 2. The molecule has 0 fully saturated rings. The number of carbonyl (C=O) groups excluding carboxylic acids is 2. The summed E-state index contributed by atoms with van der Waals surface area (Å²) >= 11 is 1.58. The molecule has 1 aliphatic rings. The molecule has 2 heterocycles. The van der Waals surface area contributed by atoms with Gasteiger partial charge in [-0.15, -0.1) is 11.3 Å². The number of aromatic nitrogens is 2. The van der Waals surface area contributed by atoms with Crippen molar-refractivity contribution in [3.8, 4) is 0 Å². The number of H-pyrrole nitrogens is 1. The van der Waals surface area contributed by atoms with Crippen molar-refractivity contribution < 1.29 is 14.3 Å². The molecule has 0 radical (unpaired) electrons. The molecule has 1 atom stereocenters. The molecule has 1 aliphatic carbocycles. The summed E-state index contributed by atoms with van der Waals surface area (Å²) in [6, 6.07) is 5.77. The number of thiophene rings is 1. The number of rotatable bonds is 6. The Kier molecular flexibility index (Phi) is 6.41. The molecule has 3 aromatic rings. The number of fused-ring (bicyclic) bond motifs is 3. The maximum atomic E-state index is 12.6. The Labute approximate surface area is 190 Å². The van der Waals surface area contributed by atoms with Crippen LogP contribution in [-0.4, -0.2) is 27.9 Å². The van der Waals surface area contributed by atoms with E-state index in [1.54, 1.807) is 18.3 Å². The van der Waals surface area contributed by atoms with E-state index in [9.17, 15) is 14.4 Å². The Morgan fingerprint density at radius 2 is 2.03 bits per heavy atom. The highest BCUT2D eigenvalue weighted by molar-refractivity contribution is 7.18. The van der Waals surface area contributed by atoms with Crippen molar-refractivity contribution >= 4 is 39.1 Å². The number of hydrogen-bond acceptors (Lipinski definition) is 6. The van der Waals surface area contributed by atoms with E-state index in [1.807, 2.05) is 32.0 Å². The average Bonchev–Trinajstić information content (AvgIpc) is 3.13. The summed E-state index contributed by atoms with van der Waals surface area (Å²) in [6.45, 7) is 5.39. The maximum Gasteiger partial charge on any atom is 0.307 e. The second kappa shape index (κ2) is 9.24. The van der Waals surface area contributed by atoms with Crippen LogP contribution in [0.3, 0.4) is 0 Å². The Hall–Kier alpha value is -3.00. The van der Waals surface area contributed by atoms with Gasteiger partial charge in [0.1, 0.15) is 10.7 Å². The number of anilines is 1. The number of aryl methyl sites for hydroxylation is 5. The maximum absolute atomic E-state index is 12.6. The summed E-state index contributed by atoms with van der Waals surface area (Å²) < 4.78 is 5.29. The van der Waals surface area contributed by atoms with E-state index in [4.69, 9.17) is 4.74 Å². The Morgan fingerprint density at radius 3 is 2.84 bits per heavy atom. The number of nitrogens with zero attached hydrogens (tertiary/aromatic N) is 1. The SMILES string of the molecule is Cc1ccc(C)c(NC(=O)C(C)OC(=O)CCc2nc3sc4c(c3c(=O)[nH]2)CCCC4)c1. The molecule has 0 saturated heterocycles. The standard InChI is InChI=1S/C24H27N3O4S/c1-13-8-9-14(2)17(12-13)25-22(29)15(3)31-20(28)11-10-19-26-23(30)21-16-6-4-5-7-18(16)32-24(21)27-19/h8-9,12,15H,4-7,10-11H2,1-3H3,(H,25,29)(H,26,27,30). The van der Waals surface area contributed by atoms with Gasteiger partial charge in [0.05, 0.1) is 11.8 Å². The van der Waals surface area contributed by atoms with E-state index in [0.717, 1.165) is 47.2 Å². The number of aromatic amines is 1. The summed E-state index contributed by atoms with van der Waals surface area (Å²) in [4.78, 5) is 46.7. The number of amides is 1. The van der Waals surface area contributed by atoms with Gasteiger partial charge in [0.25, 0.3) is 11.5 Å². The van der Waals surface area contributed by atoms with Gasteiger partial charge in [-0.2, -0.15) is 0 Å². The van der Waals surface area contributed by atoms with Gasteiger partial charge in [-0.25, -0.2) is 4.98 Å². The van der Waals surface area contributed by atoms with Crippen LogP contribution in [0, 0.1) is 13.8 Å². The Morgan fingerprint density at radius 1 is 1.25 bits per heavy atom. The molecule has 0 bridgehead atoms. The van der Waals surface area contributed by atoms with Gasteiger partial charge in [0.2, 0.25) is 0 Å². The first-order valence-electron chi connectivity index (χ1n) is 10.9.